The molecule has 0 radical (unpaired) electrons. The predicted octanol–water partition coefficient (Wildman–Crippen LogP) is 3.83. The number of nitriles is 1. The van der Waals surface area contributed by atoms with E-state index in [-0.39, 0.29) is 0 Å². The van der Waals surface area contributed by atoms with Crippen LogP contribution in [0.15, 0.2) is 22.7 Å². The van der Waals surface area contributed by atoms with Gasteiger partial charge in [-0.15, -0.1) is 0 Å². The molecule has 0 saturated carbocycles. The molecule has 0 aliphatic carbocycles. The molecular formula is C11H6Cl2N2O. The molecule has 0 unspecified atom stereocenters. The number of aryl methyl sites for hydroxylation is 1. The molecule has 1 aromatic heterocycles. The van der Waals surface area contributed by atoms with E-state index < -0.39 is 0 Å². The van der Waals surface area contributed by atoms with E-state index in [1.54, 1.807) is 25.1 Å². The van der Waals surface area contributed by atoms with E-state index >= 15 is 0 Å². The van der Waals surface area contributed by atoms with Gasteiger partial charge in [0, 0.05) is 5.56 Å². The van der Waals surface area contributed by atoms with Crippen molar-refractivity contribution >= 4 is 23.2 Å². The highest BCUT2D eigenvalue weighted by molar-refractivity contribution is 6.39. The number of aromatic nitrogens is 1. The van der Waals surface area contributed by atoms with E-state index in [0.717, 1.165) is 0 Å². The third-order valence-corrected chi connectivity index (χ3v) is 2.80. The van der Waals surface area contributed by atoms with E-state index in [0.29, 0.717) is 32.6 Å². The monoisotopic (exact) mass is 252 g/mol. The molecule has 0 N–H and O–H groups in total. The zero-order chi connectivity index (χ0) is 11.7. The molecule has 0 aliphatic rings. The first kappa shape index (κ1) is 11.0. The molecule has 80 valence electrons. The average Bonchev–Trinajstić information content (AvgIpc) is 2.59. The molecule has 16 heavy (non-hydrogen) atoms. The van der Waals surface area contributed by atoms with Gasteiger partial charge in [-0.2, -0.15) is 5.26 Å². The van der Waals surface area contributed by atoms with Gasteiger partial charge >= 0.3 is 0 Å². The highest BCUT2D eigenvalue weighted by Crippen LogP contribution is 2.36. The van der Waals surface area contributed by atoms with E-state index in [9.17, 15) is 0 Å². The Labute approximate surface area is 102 Å². The Balaban J connectivity index is 2.74. The van der Waals surface area contributed by atoms with E-state index in [1.807, 2.05) is 6.07 Å². The standard InChI is InChI=1S/C11H6Cl2N2O/c1-6-7(5-14)11(15-16-6)10-8(12)3-2-4-9(10)13/h2-4H,1H3. The lowest BCUT2D eigenvalue weighted by atomic mass is 10.1. The van der Waals surface area contributed by atoms with Crippen molar-refractivity contribution in [3.63, 3.8) is 0 Å². The summed E-state index contributed by atoms with van der Waals surface area (Å²) in [5, 5.41) is 13.7. The van der Waals surface area contributed by atoms with Crippen LogP contribution in [0.2, 0.25) is 10.0 Å². The summed E-state index contributed by atoms with van der Waals surface area (Å²) in [7, 11) is 0. The zero-order valence-corrected chi connectivity index (χ0v) is 9.80. The van der Waals surface area contributed by atoms with Crippen LogP contribution in [0.4, 0.5) is 0 Å². The maximum absolute atomic E-state index is 9.00. The molecule has 0 saturated heterocycles. The molecule has 2 rings (SSSR count). The van der Waals surface area contributed by atoms with Gasteiger partial charge in [-0.05, 0) is 19.1 Å². The van der Waals surface area contributed by atoms with Crippen molar-refractivity contribution in [1.29, 1.82) is 5.26 Å². The Bertz CT molecular complexity index is 564. The van der Waals surface area contributed by atoms with Crippen molar-refractivity contribution < 1.29 is 4.52 Å². The van der Waals surface area contributed by atoms with Gasteiger partial charge < -0.3 is 4.52 Å². The molecule has 0 atom stereocenters. The first-order valence-corrected chi connectivity index (χ1v) is 5.21. The van der Waals surface area contributed by atoms with Crippen LogP contribution in [0.3, 0.4) is 0 Å². The van der Waals surface area contributed by atoms with Crippen LogP contribution in [0.25, 0.3) is 11.3 Å². The van der Waals surface area contributed by atoms with Crippen molar-refractivity contribution in [3.05, 3.63) is 39.6 Å². The van der Waals surface area contributed by atoms with Crippen LogP contribution in [-0.2, 0) is 0 Å². The Morgan fingerprint density at radius 1 is 1.31 bits per heavy atom. The quantitative estimate of drug-likeness (QED) is 0.775. The number of hydrogen-bond donors (Lipinski definition) is 0. The van der Waals surface area contributed by atoms with Gasteiger partial charge in [0.2, 0.25) is 0 Å². The number of rotatable bonds is 1. The fraction of sp³-hybridized carbons (Fsp3) is 0.0909. The summed E-state index contributed by atoms with van der Waals surface area (Å²) < 4.78 is 4.96. The molecule has 0 spiro atoms. The number of hydrogen-bond acceptors (Lipinski definition) is 3. The van der Waals surface area contributed by atoms with Gasteiger partial charge in [-0.1, -0.05) is 34.4 Å². The lowest BCUT2D eigenvalue weighted by Crippen LogP contribution is -1.85. The molecule has 2 aromatic rings. The largest absolute Gasteiger partial charge is 0.360 e. The second kappa shape index (κ2) is 4.17. The van der Waals surface area contributed by atoms with Crippen molar-refractivity contribution in [2.75, 3.05) is 0 Å². The smallest absolute Gasteiger partial charge is 0.152 e. The van der Waals surface area contributed by atoms with Gasteiger partial charge in [0.05, 0.1) is 10.0 Å². The van der Waals surface area contributed by atoms with Crippen molar-refractivity contribution in [2.45, 2.75) is 6.92 Å². The fourth-order valence-corrected chi connectivity index (χ4v) is 1.97. The zero-order valence-electron chi connectivity index (χ0n) is 8.29. The minimum Gasteiger partial charge on any atom is -0.360 e. The van der Waals surface area contributed by atoms with Crippen LogP contribution in [-0.4, -0.2) is 5.16 Å². The van der Waals surface area contributed by atoms with Crippen LogP contribution >= 0.6 is 23.2 Å². The van der Waals surface area contributed by atoms with Gasteiger partial charge in [-0.25, -0.2) is 0 Å². The summed E-state index contributed by atoms with van der Waals surface area (Å²) >= 11 is 12.1. The number of nitrogens with zero attached hydrogens (tertiary/aromatic N) is 2. The van der Waals surface area contributed by atoms with Gasteiger partial charge in [0.1, 0.15) is 17.3 Å². The van der Waals surface area contributed by atoms with Gasteiger partial charge in [0.15, 0.2) is 5.76 Å². The van der Waals surface area contributed by atoms with E-state index in [1.165, 1.54) is 0 Å². The molecule has 0 aliphatic heterocycles. The average molecular weight is 253 g/mol. The van der Waals surface area contributed by atoms with Crippen LogP contribution in [0.5, 0.6) is 0 Å². The lowest BCUT2D eigenvalue weighted by Gasteiger charge is -2.02. The second-order valence-electron chi connectivity index (χ2n) is 3.17. The van der Waals surface area contributed by atoms with Crippen LogP contribution in [0.1, 0.15) is 11.3 Å². The molecule has 0 bridgehead atoms. The SMILES string of the molecule is Cc1onc(-c2c(Cl)cccc2Cl)c1C#N. The summed E-state index contributed by atoms with van der Waals surface area (Å²) in [6.07, 6.45) is 0. The topological polar surface area (TPSA) is 49.8 Å². The Kier molecular flexibility index (Phi) is 2.86. The predicted molar refractivity (Wildman–Crippen MR) is 61.4 cm³/mol. The molecule has 1 aromatic carbocycles. The van der Waals surface area contributed by atoms with Crippen molar-refractivity contribution in [3.8, 4) is 17.3 Å². The molecule has 1 heterocycles. The highest BCUT2D eigenvalue weighted by Gasteiger charge is 2.19. The lowest BCUT2D eigenvalue weighted by molar-refractivity contribution is 0.399. The summed E-state index contributed by atoms with van der Waals surface area (Å²) in [6.45, 7) is 1.67. The third kappa shape index (κ3) is 1.67. The summed E-state index contributed by atoms with van der Waals surface area (Å²) in [5.41, 5.74) is 1.27. The number of halogens is 2. The molecule has 0 fully saturated rings. The second-order valence-corrected chi connectivity index (χ2v) is 3.99. The Morgan fingerprint density at radius 3 is 2.50 bits per heavy atom. The minimum absolute atomic E-state index is 0.356. The van der Waals surface area contributed by atoms with Gasteiger partial charge in [0.25, 0.3) is 0 Å². The van der Waals surface area contributed by atoms with Crippen LogP contribution < -0.4 is 0 Å². The summed E-state index contributed by atoms with van der Waals surface area (Å²) in [5.74, 6) is 0.452. The summed E-state index contributed by atoms with van der Waals surface area (Å²) in [6, 6.07) is 7.13. The first-order chi connectivity index (χ1) is 7.65. The summed E-state index contributed by atoms with van der Waals surface area (Å²) in [4.78, 5) is 0. The minimum atomic E-state index is 0.356. The Morgan fingerprint density at radius 2 is 1.94 bits per heavy atom. The van der Waals surface area contributed by atoms with Crippen molar-refractivity contribution in [1.82, 2.24) is 5.16 Å². The Hall–Kier alpha value is -1.50. The fourth-order valence-electron chi connectivity index (χ4n) is 1.40. The maximum atomic E-state index is 9.00. The third-order valence-electron chi connectivity index (χ3n) is 2.17. The first-order valence-electron chi connectivity index (χ1n) is 4.46. The van der Waals surface area contributed by atoms with Gasteiger partial charge in [-0.3, -0.25) is 0 Å². The van der Waals surface area contributed by atoms with Crippen LogP contribution in [0, 0.1) is 18.3 Å². The normalized spacial score (nSPS) is 10.1. The molecular weight excluding hydrogens is 247 g/mol. The van der Waals surface area contributed by atoms with E-state index in [4.69, 9.17) is 33.0 Å². The molecule has 0 amide bonds. The molecule has 5 heteroatoms. The highest BCUT2D eigenvalue weighted by atomic mass is 35.5. The van der Waals surface area contributed by atoms with Crippen molar-refractivity contribution in [2.24, 2.45) is 0 Å². The number of benzene rings is 1. The maximum Gasteiger partial charge on any atom is 0.152 e. The van der Waals surface area contributed by atoms with E-state index in [2.05, 4.69) is 5.16 Å². The molecule has 3 nitrogen and oxygen atoms in total.